The lowest BCUT2D eigenvalue weighted by atomic mass is 10.0. The second-order valence-corrected chi connectivity index (χ2v) is 3.70. The molecule has 1 rings (SSSR count). The number of rotatable bonds is 2. The lowest BCUT2D eigenvalue weighted by molar-refractivity contribution is 0.475. The Labute approximate surface area is 88.2 Å². The number of benzene rings is 1. The number of nitrogens with two attached hydrogens (primary N) is 1. The zero-order chi connectivity index (χ0) is 10.9. The van der Waals surface area contributed by atoms with Crippen molar-refractivity contribution in [1.29, 1.82) is 0 Å². The average molecular weight is 268 g/mol. The lowest BCUT2D eigenvalue weighted by Crippen LogP contribution is -2.12. The Balaban J connectivity index is 3.33. The van der Waals surface area contributed by atoms with Gasteiger partial charge in [-0.15, -0.1) is 0 Å². The van der Waals surface area contributed by atoms with Crippen LogP contribution in [0, 0.1) is 17.5 Å². The van der Waals surface area contributed by atoms with Gasteiger partial charge in [-0.1, -0.05) is 6.92 Å². The molecule has 0 aliphatic rings. The molecule has 0 fully saturated rings. The van der Waals surface area contributed by atoms with Crippen LogP contribution < -0.4 is 5.73 Å². The summed E-state index contributed by atoms with van der Waals surface area (Å²) in [6.45, 7) is 1.74. The summed E-state index contributed by atoms with van der Waals surface area (Å²) in [4.78, 5) is 0. The van der Waals surface area contributed by atoms with Crippen LogP contribution in [0.15, 0.2) is 10.5 Å². The fraction of sp³-hybridized carbons (Fsp3) is 0.333. The molecule has 14 heavy (non-hydrogen) atoms. The van der Waals surface area contributed by atoms with Crippen LogP contribution in [0.25, 0.3) is 0 Å². The van der Waals surface area contributed by atoms with Crippen molar-refractivity contribution in [3.8, 4) is 0 Å². The van der Waals surface area contributed by atoms with E-state index in [9.17, 15) is 13.2 Å². The highest BCUT2D eigenvalue weighted by Gasteiger charge is 2.19. The van der Waals surface area contributed by atoms with Crippen LogP contribution in [0.4, 0.5) is 13.2 Å². The second-order valence-electron chi connectivity index (χ2n) is 2.90. The van der Waals surface area contributed by atoms with Crippen LogP contribution in [0.3, 0.4) is 0 Å². The van der Waals surface area contributed by atoms with E-state index in [0.29, 0.717) is 6.42 Å². The van der Waals surface area contributed by atoms with E-state index in [1.807, 2.05) is 0 Å². The normalized spacial score (nSPS) is 13.0. The van der Waals surface area contributed by atoms with Gasteiger partial charge < -0.3 is 5.73 Å². The lowest BCUT2D eigenvalue weighted by Gasteiger charge is -2.12. The third-order valence-corrected chi connectivity index (χ3v) is 2.67. The summed E-state index contributed by atoms with van der Waals surface area (Å²) in [5, 5.41) is 0. The van der Waals surface area contributed by atoms with Crippen LogP contribution in [-0.4, -0.2) is 0 Å². The first kappa shape index (κ1) is 11.5. The first-order valence-electron chi connectivity index (χ1n) is 4.07. The standard InChI is InChI=1S/C9H9BrF3N/c1-2-6(14)4-3-5(11)9(13)7(10)8(4)12/h3,6H,2,14H2,1H3. The molecule has 5 heteroatoms. The topological polar surface area (TPSA) is 26.0 Å². The van der Waals surface area contributed by atoms with E-state index >= 15 is 0 Å². The van der Waals surface area contributed by atoms with Gasteiger partial charge >= 0.3 is 0 Å². The Morgan fingerprint density at radius 1 is 1.36 bits per heavy atom. The van der Waals surface area contributed by atoms with Gasteiger partial charge in [0.15, 0.2) is 11.6 Å². The molecule has 1 aromatic carbocycles. The molecule has 1 atom stereocenters. The molecule has 0 saturated heterocycles. The minimum atomic E-state index is -1.23. The zero-order valence-corrected chi connectivity index (χ0v) is 9.04. The molecule has 78 valence electrons. The molecule has 0 bridgehead atoms. The van der Waals surface area contributed by atoms with E-state index in [1.54, 1.807) is 6.92 Å². The van der Waals surface area contributed by atoms with Gasteiger partial charge in [-0.05, 0) is 28.4 Å². The maximum absolute atomic E-state index is 13.3. The maximum atomic E-state index is 13.3. The smallest absolute Gasteiger partial charge is 0.175 e. The van der Waals surface area contributed by atoms with E-state index < -0.39 is 28.0 Å². The summed E-state index contributed by atoms with van der Waals surface area (Å²) >= 11 is 2.63. The number of hydrogen-bond acceptors (Lipinski definition) is 1. The third-order valence-electron chi connectivity index (χ3n) is 1.97. The molecule has 0 amide bonds. The maximum Gasteiger partial charge on any atom is 0.175 e. The molecule has 0 saturated carbocycles. The second kappa shape index (κ2) is 4.31. The molecule has 1 unspecified atom stereocenters. The van der Waals surface area contributed by atoms with Crippen LogP contribution in [-0.2, 0) is 0 Å². The van der Waals surface area contributed by atoms with Gasteiger partial charge in [0.1, 0.15) is 5.82 Å². The van der Waals surface area contributed by atoms with Crippen molar-refractivity contribution in [3.05, 3.63) is 33.6 Å². The largest absolute Gasteiger partial charge is 0.324 e. The summed E-state index contributed by atoms with van der Waals surface area (Å²) in [5.41, 5.74) is 5.52. The first-order valence-corrected chi connectivity index (χ1v) is 4.86. The highest BCUT2D eigenvalue weighted by atomic mass is 79.9. The van der Waals surface area contributed by atoms with Crippen LogP contribution in [0.2, 0.25) is 0 Å². The van der Waals surface area contributed by atoms with Crippen molar-refractivity contribution in [2.45, 2.75) is 19.4 Å². The van der Waals surface area contributed by atoms with E-state index in [2.05, 4.69) is 15.9 Å². The molecule has 2 N–H and O–H groups in total. The summed E-state index contributed by atoms with van der Waals surface area (Å²) in [7, 11) is 0. The molecular weight excluding hydrogens is 259 g/mol. The average Bonchev–Trinajstić information content (AvgIpc) is 2.19. The first-order chi connectivity index (χ1) is 6.49. The molecule has 0 heterocycles. The van der Waals surface area contributed by atoms with E-state index in [-0.39, 0.29) is 5.56 Å². The predicted molar refractivity (Wildman–Crippen MR) is 51.2 cm³/mol. The predicted octanol–water partition coefficient (Wildman–Crippen LogP) is 3.28. The fourth-order valence-corrected chi connectivity index (χ4v) is 1.50. The Morgan fingerprint density at radius 2 is 1.93 bits per heavy atom. The third kappa shape index (κ3) is 1.93. The summed E-state index contributed by atoms with van der Waals surface area (Å²) in [6, 6.07) is 0.172. The highest BCUT2D eigenvalue weighted by Crippen LogP contribution is 2.28. The fourth-order valence-electron chi connectivity index (χ4n) is 1.08. The van der Waals surface area contributed by atoms with Gasteiger partial charge in [0, 0.05) is 11.6 Å². The van der Waals surface area contributed by atoms with E-state index in [0.717, 1.165) is 6.07 Å². The van der Waals surface area contributed by atoms with Gasteiger partial charge in [0.2, 0.25) is 0 Å². The summed E-state index contributed by atoms with van der Waals surface area (Å²) < 4.78 is 38.6. The van der Waals surface area contributed by atoms with Crippen LogP contribution >= 0.6 is 15.9 Å². The Kier molecular flexibility index (Phi) is 3.55. The molecule has 1 aromatic rings. The Bertz CT molecular complexity index is 354. The quantitative estimate of drug-likeness (QED) is 0.646. The zero-order valence-electron chi connectivity index (χ0n) is 7.45. The molecule has 0 aromatic heterocycles. The SMILES string of the molecule is CCC(N)c1cc(F)c(F)c(Br)c1F. The van der Waals surface area contributed by atoms with Gasteiger partial charge in [-0.25, -0.2) is 13.2 Å². The summed E-state index contributed by atoms with van der Waals surface area (Å²) in [6.07, 6.45) is 0.453. The highest BCUT2D eigenvalue weighted by molar-refractivity contribution is 9.10. The van der Waals surface area contributed by atoms with Crippen molar-refractivity contribution in [3.63, 3.8) is 0 Å². The Morgan fingerprint density at radius 3 is 2.43 bits per heavy atom. The molecule has 0 radical (unpaired) electrons. The van der Waals surface area contributed by atoms with Crippen molar-refractivity contribution in [2.75, 3.05) is 0 Å². The van der Waals surface area contributed by atoms with Crippen molar-refractivity contribution >= 4 is 15.9 Å². The van der Waals surface area contributed by atoms with Crippen molar-refractivity contribution in [2.24, 2.45) is 5.73 Å². The van der Waals surface area contributed by atoms with Gasteiger partial charge in [-0.3, -0.25) is 0 Å². The molecule has 1 nitrogen and oxygen atoms in total. The van der Waals surface area contributed by atoms with Gasteiger partial charge in [0.25, 0.3) is 0 Å². The number of halogens is 4. The van der Waals surface area contributed by atoms with Gasteiger partial charge in [0.05, 0.1) is 4.47 Å². The minimum Gasteiger partial charge on any atom is -0.324 e. The Hall–Kier alpha value is -0.550. The molecule has 0 aliphatic carbocycles. The van der Waals surface area contributed by atoms with Crippen LogP contribution in [0.1, 0.15) is 24.9 Å². The van der Waals surface area contributed by atoms with Crippen LogP contribution in [0.5, 0.6) is 0 Å². The van der Waals surface area contributed by atoms with Crippen molar-refractivity contribution < 1.29 is 13.2 Å². The van der Waals surface area contributed by atoms with E-state index in [1.165, 1.54) is 0 Å². The van der Waals surface area contributed by atoms with E-state index in [4.69, 9.17) is 5.73 Å². The molecule has 0 aliphatic heterocycles. The van der Waals surface area contributed by atoms with Gasteiger partial charge in [-0.2, -0.15) is 0 Å². The number of hydrogen-bond donors (Lipinski definition) is 1. The van der Waals surface area contributed by atoms with Crippen molar-refractivity contribution in [1.82, 2.24) is 0 Å². The molecule has 0 spiro atoms. The molecular formula is C9H9BrF3N. The monoisotopic (exact) mass is 267 g/mol. The summed E-state index contributed by atoms with van der Waals surface area (Å²) in [5.74, 6) is -3.16. The minimum absolute atomic E-state index is 0.0155.